The number of nitrogens with one attached hydrogen (secondary N) is 2. The number of nitrogens with zero attached hydrogens (tertiary/aromatic N) is 3. The number of piperidine rings is 1. The molecule has 2 fully saturated rings. The molecule has 3 rings (SSSR count). The van der Waals surface area contributed by atoms with E-state index >= 15 is 0 Å². The summed E-state index contributed by atoms with van der Waals surface area (Å²) in [7, 11) is 1.86. The number of hydrogen-bond donors (Lipinski definition) is 2. The van der Waals surface area contributed by atoms with Crippen molar-refractivity contribution in [3.63, 3.8) is 0 Å². The van der Waals surface area contributed by atoms with Crippen molar-refractivity contribution in [2.24, 2.45) is 4.99 Å². The zero-order valence-corrected chi connectivity index (χ0v) is 16.6. The number of thiazole rings is 1. The van der Waals surface area contributed by atoms with Gasteiger partial charge in [0.1, 0.15) is 0 Å². The minimum absolute atomic E-state index is 0.330. The molecule has 1 saturated heterocycles. The van der Waals surface area contributed by atoms with E-state index in [1.165, 1.54) is 69.3 Å². The van der Waals surface area contributed by atoms with E-state index in [-0.39, 0.29) is 0 Å². The van der Waals surface area contributed by atoms with E-state index in [1.54, 1.807) is 11.3 Å². The zero-order valence-electron chi connectivity index (χ0n) is 15.8. The van der Waals surface area contributed by atoms with Gasteiger partial charge in [-0.1, -0.05) is 25.7 Å². The van der Waals surface area contributed by atoms with Gasteiger partial charge in [-0.05, 0) is 45.7 Å². The maximum Gasteiger partial charge on any atom is 0.191 e. The average Bonchev–Trinajstić information content (AvgIpc) is 3.08. The Morgan fingerprint density at radius 1 is 1.16 bits per heavy atom. The first-order valence-electron chi connectivity index (χ1n) is 9.82. The number of aryl methyl sites for hydroxylation is 1. The third-order valence-electron chi connectivity index (χ3n) is 5.88. The first kappa shape index (κ1) is 18.6. The Bertz CT molecular complexity index is 556. The van der Waals surface area contributed by atoms with Crippen LogP contribution in [0, 0.1) is 6.92 Å². The van der Waals surface area contributed by atoms with Gasteiger partial charge >= 0.3 is 0 Å². The summed E-state index contributed by atoms with van der Waals surface area (Å²) in [5.74, 6) is 0.912. The first-order valence-corrected chi connectivity index (χ1v) is 10.7. The molecule has 1 aromatic rings. The maximum absolute atomic E-state index is 4.44. The molecule has 1 aromatic heterocycles. The highest BCUT2D eigenvalue weighted by atomic mass is 32.1. The number of aliphatic imine (C=N–C) groups is 1. The summed E-state index contributed by atoms with van der Waals surface area (Å²) in [5, 5.41) is 7.10. The van der Waals surface area contributed by atoms with Crippen LogP contribution in [0.4, 0.5) is 0 Å². The Morgan fingerprint density at radius 3 is 2.52 bits per heavy atom. The Morgan fingerprint density at radius 2 is 1.88 bits per heavy atom. The standard InChI is InChI=1S/C19H33N5S/c1-16-17(25-15-23-16)13-21-18(20-2)22-14-19(9-5-3-6-10-19)24-11-7-4-8-12-24/h15H,3-14H2,1-2H3,(H2,20,21,22). The molecule has 5 nitrogen and oxygen atoms in total. The predicted molar refractivity (Wildman–Crippen MR) is 106 cm³/mol. The fourth-order valence-electron chi connectivity index (χ4n) is 4.31. The Labute approximate surface area is 156 Å². The van der Waals surface area contributed by atoms with Crippen LogP contribution in [0.1, 0.15) is 61.9 Å². The summed E-state index contributed by atoms with van der Waals surface area (Å²) in [4.78, 5) is 12.8. The number of aromatic nitrogens is 1. The molecule has 0 amide bonds. The van der Waals surface area contributed by atoms with E-state index in [4.69, 9.17) is 0 Å². The molecule has 1 saturated carbocycles. The van der Waals surface area contributed by atoms with Gasteiger partial charge in [0.25, 0.3) is 0 Å². The smallest absolute Gasteiger partial charge is 0.191 e. The lowest BCUT2D eigenvalue weighted by atomic mass is 9.79. The molecule has 25 heavy (non-hydrogen) atoms. The van der Waals surface area contributed by atoms with Crippen LogP contribution in [0.3, 0.4) is 0 Å². The van der Waals surface area contributed by atoms with Gasteiger partial charge in [-0.3, -0.25) is 9.89 Å². The molecule has 6 heteroatoms. The predicted octanol–water partition coefficient (Wildman–Crippen LogP) is 3.31. The largest absolute Gasteiger partial charge is 0.355 e. The second-order valence-electron chi connectivity index (χ2n) is 7.47. The third kappa shape index (κ3) is 4.73. The van der Waals surface area contributed by atoms with E-state index in [0.717, 1.165) is 24.7 Å². The van der Waals surface area contributed by atoms with Crippen LogP contribution in [0.5, 0.6) is 0 Å². The van der Waals surface area contributed by atoms with E-state index in [1.807, 2.05) is 12.6 Å². The molecule has 2 aliphatic rings. The van der Waals surface area contributed by atoms with Crippen molar-refractivity contribution in [1.29, 1.82) is 0 Å². The number of likely N-dealkylation sites (tertiary alicyclic amines) is 1. The lowest BCUT2D eigenvalue weighted by Crippen LogP contribution is -2.59. The summed E-state index contributed by atoms with van der Waals surface area (Å²) in [6, 6.07) is 0. The lowest BCUT2D eigenvalue weighted by molar-refractivity contribution is 0.0368. The van der Waals surface area contributed by atoms with E-state index in [2.05, 4.69) is 32.4 Å². The Balaban J connectivity index is 1.58. The molecule has 0 radical (unpaired) electrons. The van der Waals surface area contributed by atoms with Crippen molar-refractivity contribution in [3.8, 4) is 0 Å². The molecule has 0 unspecified atom stereocenters. The van der Waals surface area contributed by atoms with Crippen LogP contribution in [0.15, 0.2) is 10.5 Å². The summed E-state index contributed by atoms with van der Waals surface area (Å²) in [6.07, 6.45) is 10.9. The van der Waals surface area contributed by atoms with Gasteiger partial charge in [0.2, 0.25) is 0 Å². The monoisotopic (exact) mass is 363 g/mol. The molecular formula is C19H33N5S. The summed E-state index contributed by atoms with van der Waals surface area (Å²) in [5.41, 5.74) is 3.36. The molecule has 140 valence electrons. The van der Waals surface area contributed by atoms with Crippen LogP contribution in [-0.4, -0.2) is 48.1 Å². The molecule has 1 aliphatic carbocycles. The van der Waals surface area contributed by atoms with Crippen LogP contribution in [0.25, 0.3) is 0 Å². The minimum atomic E-state index is 0.330. The van der Waals surface area contributed by atoms with Crippen LogP contribution >= 0.6 is 11.3 Å². The van der Waals surface area contributed by atoms with Gasteiger partial charge in [0.15, 0.2) is 5.96 Å². The highest BCUT2D eigenvalue weighted by molar-refractivity contribution is 7.09. The van der Waals surface area contributed by atoms with Gasteiger partial charge in [-0.25, -0.2) is 4.98 Å². The number of hydrogen-bond acceptors (Lipinski definition) is 4. The summed E-state index contributed by atoms with van der Waals surface area (Å²) in [6.45, 7) is 6.42. The fraction of sp³-hybridized carbons (Fsp3) is 0.789. The van der Waals surface area contributed by atoms with Crippen molar-refractivity contribution in [2.75, 3.05) is 26.7 Å². The van der Waals surface area contributed by atoms with Crippen molar-refractivity contribution in [3.05, 3.63) is 16.1 Å². The SMILES string of the molecule is CN=C(NCc1scnc1C)NCC1(N2CCCCC2)CCCCC1. The topological polar surface area (TPSA) is 52.6 Å². The summed E-state index contributed by atoms with van der Waals surface area (Å²) >= 11 is 1.71. The molecule has 0 aromatic carbocycles. The number of guanidine groups is 1. The molecule has 0 spiro atoms. The fourth-order valence-corrected chi connectivity index (χ4v) is 5.03. The third-order valence-corrected chi connectivity index (χ3v) is 6.82. The van der Waals surface area contributed by atoms with E-state index < -0.39 is 0 Å². The number of rotatable bonds is 5. The van der Waals surface area contributed by atoms with Crippen LogP contribution in [-0.2, 0) is 6.54 Å². The lowest BCUT2D eigenvalue weighted by Gasteiger charge is -2.48. The van der Waals surface area contributed by atoms with Gasteiger partial charge in [0, 0.05) is 24.0 Å². The van der Waals surface area contributed by atoms with E-state index in [0.29, 0.717) is 5.54 Å². The second-order valence-corrected chi connectivity index (χ2v) is 8.41. The molecule has 2 heterocycles. The second kappa shape index (κ2) is 8.99. The van der Waals surface area contributed by atoms with Gasteiger partial charge in [0.05, 0.1) is 17.7 Å². The Kier molecular flexibility index (Phi) is 6.70. The zero-order chi connectivity index (χ0) is 17.5. The molecular weight excluding hydrogens is 330 g/mol. The van der Waals surface area contributed by atoms with Gasteiger partial charge in [-0.2, -0.15) is 0 Å². The normalized spacial score (nSPS) is 21.9. The minimum Gasteiger partial charge on any atom is -0.355 e. The molecule has 1 aliphatic heterocycles. The van der Waals surface area contributed by atoms with Crippen LogP contribution < -0.4 is 10.6 Å². The van der Waals surface area contributed by atoms with Crippen molar-refractivity contribution in [1.82, 2.24) is 20.5 Å². The van der Waals surface area contributed by atoms with Gasteiger partial charge < -0.3 is 10.6 Å². The molecule has 0 atom stereocenters. The Hall–Kier alpha value is -1.14. The highest BCUT2D eigenvalue weighted by Gasteiger charge is 2.38. The first-order chi connectivity index (χ1) is 12.2. The quantitative estimate of drug-likeness (QED) is 0.622. The van der Waals surface area contributed by atoms with Crippen molar-refractivity contribution in [2.45, 2.75) is 70.4 Å². The van der Waals surface area contributed by atoms with Crippen LogP contribution in [0.2, 0.25) is 0 Å². The van der Waals surface area contributed by atoms with Gasteiger partial charge in [-0.15, -0.1) is 11.3 Å². The maximum atomic E-state index is 4.44. The van der Waals surface area contributed by atoms with E-state index in [9.17, 15) is 0 Å². The summed E-state index contributed by atoms with van der Waals surface area (Å²) < 4.78 is 0. The van der Waals surface area contributed by atoms with Crippen molar-refractivity contribution < 1.29 is 0 Å². The average molecular weight is 364 g/mol. The molecule has 0 bridgehead atoms. The van der Waals surface area contributed by atoms with Crippen molar-refractivity contribution >= 4 is 17.3 Å². The highest BCUT2D eigenvalue weighted by Crippen LogP contribution is 2.35. The molecule has 2 N–H and O–H groups in total.